The summed E-state index contributed by atoms with van der Waals surface area (Å²) in [6.07, 6.45) is 1.54. The minimum atomic E-state index is -1.02. The van der Waals surface area contributed by atoms with Crippen LogP contribution in [-0.2, 0) is 16.6 Å². The van der Waals surface area contributed by atoms with Gasteiger partial charge in [0, 0.05) is 23.1 Å². The van der Waals surface area contributed by atoms with Crippen molar-refractivity contribution < 1.29 is 18.5 Å². The molecule has 3 aliphatic carbocycles. The third kappa shape index (κ3) is 3.46. The quantitative estimate of drug-likeness (QED) is 0.503. The lowest BCUT2D eigenvalue weighted by atomic mass is 9.41. The molecule has 0 radical (unpaired) electrons. The summed E-state index contributed by atoms with van der Waals surface area (Å²) < 4.78 is 20.5. The summed E-state index contributed by atoms with van der Waals surface area (Å²) >= 11 is 0. The number of nitrogens with two attached hydrogens (primary N) is 2. The molecule has 2 aromatic heterocycles. The highest BCUT2D eigenvalue weighted by Crippen LogP contribution is 2.69. The van der Waals surface area contributed by atoms with Crippen LogP contribution >= 0.6 is 0 Å². The zero-order valence-electron chi connectivity index (χ0n) is 18.4. The van der Waals surface area contributed by atoms with Gasteiger partial charge in [0.25, 0.3) is 5.91 Å². The average Bonchev–Trinajstić information content (AvgIpc) is 3.29. The molecule has 5 N–H and O–H groups in total. The Morgan fingerprint density at radius 1 is 1.24 bits per heavy atom. The first-order valence-corrected chi connectivity index (χ1v) is 10.8. The van der Waals surface area contributed by atoms with Gasteiger partial charge in [-0.3, -0.25) is 14.9 Å². The van der Waals surface area contributed by atoms with Crippen molar-refractivity contribution in [3.8, 4) is 11.3 Å². The molecule has 9 nitrogen and oxygen atoms in total. The number of nitrogens with zero attached hydrogens (tertiary/aromatic N) is 3. The average molecular weight is 452 g/mol. The lowest BCUT2D eigenvalue weighted by Crippen LogP contribution is -2.67. The molecule has 3 fully saturated rings. The third-order valence-corrected chi connectivity index (χ3v) is 6.56. The molecule has 1 aromatic carbocycles. The third-order valence-electron chi connectivity index (χ3n) is 6.56. The molecule has 10 heteroatoms. The second-order valence-electron chi connectivity index (χ2n) is 9.47. The van der Waals surface area contributed by atoms with Crippen LogP contribution in [0, 0.1) is 0 Å². The fourth-order valence-electron chi connectivity index (χ4n) is 4.95. The van der Waals surface area contributed by atoms with E-state index >= 15 is 0 Å². The summed E-state index contributed by atoms with van der Waals surface area (Å²) in [5.41, 5.74) is 13.1. The number of carbonyl (C=O) groups excluding carboxylic acids is 2. The molecule has 2 bridgehead atoms. The van der Waals surface area contributed by atoms with Gasteiger partial charge in [0.05, 0.1) is 12.1 Å². The van der Waals surface area contributed by atoms with Crippen molar-refractivity contribution in [2.75, 3.05) is 11.1 Å². The first-order valence-electron chi connectivity index (χ1n) is 10.8. The molecule has 0 unspecified atom stereocenters. The van der Waals surface area contributed by atoms with Gasteiger partial charge in [-0.25, -0.2) is 9.07 Å². The van der Waals surface area contributed by atoms with Crippen LogP contribution in [0.25, 0.3) is 11.3 Å². The molecule has 172 valence electrons. The number of nitrogens with one attached hydrogen (secondary N) is 1. The smallest absolute Gasteiger partial charge is 0.254 e. The van der Waals surface area contributed by atoms with Crippen molar-refractivity contribution in [3.63, 3.8) is 0 Å². The van der Waals surface area contributed by atoms with Gasteiger partial charge < -0.3 is 16.0 Å². The Morgan fingerprint density at radius 3 is 2.48 bits per heavy atom. The predicted molar refractivity (Wildman–Crippen MR) is 119 cm³/mol. The zero-order chi connectivity index (χ0) is 23.5. The van der Waals surface area contributed by atoms with E-state index in [1.165, 1.54) is 0 Å². The van der Waals surface area contributed by atoms with Gasteiger partial charge in [-0.2, -0.15) is 5.10 Å². The number of rotatable bonds is 7. The molecule has 2 amide bonds. The van der Waals surface area contributed by atoms with E-state index in [1.54, 1.807) is 35.0 Å². The summed E-state index contributed by atoms with van der Waals surface area (Å²) in [6.45, 7) is 3.81. The minimum Gasteiger partial charge on any atom is -0.383 e. The SMILES string of the molecule is CC(C)n1nc(-c2ccc(CC(=O)Nc3cc(C45CC(F)(C4)C5)no3)cc2)c(C(N)=O)c1N. The van der Waals surface area contributed by atoms with Gasteiger partial charge in [0.2, 0.25) is 11.8 Å². The topological polar surface area (TPSA) is 142 Å². The number of nitrogen functional groups attached to an aromatic ring is 1. The van der Waals surface area contributed by atoms with E-state index in [4.69, 9.17) is 16.0 Å². The van der Waals surface area contributed by atoms with E-state index in [1.807, 2.05) is 13.8 Å². The van der Waals surface area contributed by atoms with Crippen LogP contribution in [0.1, 0.15) is 60.8 Å². The lowest BCUT2D eigenvalue weighted by molar-refractivity contribution is -0.160. The number of primary amides is 1. The van der Waals surface area contributed by atoms with E-state index in [9.17, 15) is 14.0 Å². The fourth-order valence-corrected chi connectivity index (χ4v) is 4.95. The zero-order valence-corrected chi connectivity index (χ0v) is 18.4. The Balaban J connectivity index is 1.26. The number of amides is 2. The van der Waals surface area contributed by atoms with Crippen molar-refractivity contribution in [2.24, 2.45) is 5.73 Å². The molecular weight excluding hydrogens is 427 g/mol. The minimum absolute atomic E-state index is 0.0378. The van der Waals surface area contributed by atoms with Gasteiger partial charge in [-0.15, -0.1) is 0 Å². The lowest BCUT2D eigenvalue weighted by Gasteiger charge is -2.64. The highest BCUT2D eigenvalue weighted by Gasteiger charge is 2.71. The van der Waals surface area contributed by atoms with Gasteiger partial charge in [0.15, 0.2) is 0 Å². The van der Waals surface area contributed by atoms with E-state index in [-0.39, 0.29) is 41.1 Å². The van der Waals surface area contributed by atoms with Crippen LogP contribution < -0.4 is 16.8 Å². The number of anilines is 2. The maximum Gasteiger partial charge on any atom is 0.254 e. The van der Waals surface area contributed by atoms with Crippen molar-refractivity contribution in [1.82, 2.24) is 14.9 Å². The monoisotopic (exact) mass is 452 g/mol. The summed E-state index contributed by atoms with van der Waals surface area (Å²) in [5.74, 6) is -0.436. The highest BCUT2D eigenvalue weighted by molar-refractivity contribution is 6.03. The molecule has 33 heavy (non-hydrogen) atoms. The largest absolute Gasteiger partial charge is 0.383 e. The maximum atomic E-state index is 13.8. The number of benzene rings is 1. The Hall–Kier alpha value is -3.69. The first kappa shape index (κ1) is 21.2. The van der Waals surface area contributed by atoms with Gasteiger partial charge in [0.1, 0.15) is 22.7 Å². The molecular formula is C23H25FN6O3. The second kappa shape index (κ2) is 7.16. The number of alkyl halides is 1. The first-order chi connectivity index (χ1) is 15.6. The molecule has 2 heterocycles. The number of halogens is 1. The number of carbonyl (C=O) groups is 2. The normalized spacial score (nSPS) is 23.2. The Bertz CT molecular complexity index is 1240. The maximum absolute atomic E-state index is 13.8. The summed E-state index contributed by atoms with van der Waals surface area (Å²) in [7, 11) is 0. The Labute approximate surface area is 189 Å². The van der Waals surface area contributed by atoms with Crippen molar-refractivity contribution in [1.29, 1.82) is 0 Å². The van der Waals surface area contributed by atoms with Crippen molar-refractivity contribution >= 4 is 23.5 Å². The highest BCUT2D eigenvalue weighted by atomic mass is 19.1. The molecule has 0 saturated heterocycles. The van der Waals surface area contributed by atoms with Crippen molar-refractivity contribution in [2.45, 2.75) is 56.7 Å². The van der Waals surface area contributed by atoms with Gasteiger partial charge in [-0.1, -0.05) is 29.4 Å². The summed E-state index contributed by atoms with van der Waals surface area (Å²) in [5, 5.41) is 11.2. The van der Waals surface area contributed by atoms with Crippen LogP contribution in [0.4, 0.5) is 16.1 Å². The molecule has 3 aromatic rings. The Morgan fingerprint density at radius 2 is 1.91 bits per heavy atom. The number of aromatic nitrogens is 3. The molecule has 0 atom stereocenters. The standard InChI is InChI=1S/C23H25FN6O3/c1-12(2)30-20(25)18(21(26)32)19(28-30)14-5-3-13(4-6-14)7-16(31)27-17-8-15(29-33-17)22-9-23(24,10-22)11-22/h3-6,8,12H,7,9-11,25H2,1-2H3,(H2,26,32)(H,27,31). The van der Waals surface area contributed by atoms with Crippen LogP contribution in [-0.4, -0.2) is 32.4 Å². The van der Waals surface area contributed by atoms with E-state index in [0.29, 0.717) is 36.2 Å². The summed E-state index contributed by atoms with van der Waals surface area (Å²) in [6, 6.07) is 8.73. The molecule has 3 saturated carbocycles. The van der Waals surface area contributed by atoms with Crippen LogP contribution in [0.5, 0.6) is 0 Å². The predicted octanol–water partition coefficient (Wildman–Crippen LogP) is 3.12. The van der Waals surface area contributed by atoms with Crippen LogP contribution in [0.15, 0.2) is 34.9 Å². The van der Waals surface area contributed by atoms with Gasteiger partial charge in [-0.05, 0) is 38.7 Å². The summed E-state index contributed by atoms with van der Waals surface area (Å²) in [4.78, 5) is 24.4. The van der Waals surface area contributed by atoms with Gasteiger partial charge >= 0.3 is 0 Å². The van der Waals surface area contributed by atoms with Crippen LogP contribution in [0.3, 0.4) is 0 Å². The number of hydrogen-bond acceptors (Lipinski definition) is 6. The van der Waals surface area contributed by atoms with Crippen LogP contribution in [0.2, 0.25) is 0 Å². The van der Waals surface area contributed by atoms with E-state index < -0.39 is 11.6 Å². The molecule has 6 rings (SSSR count). The van der Waals surface area contributed by atoms with E-state index in [0.717, 1.165) is 5.56 Å². The second-order valence-corrected chi connectivity index (χ2v) is 9.47. The fraction of sp³-hybridized carbons (Fsp3) is 0.391. The number of hydrogen-bond donors (Lipinski definition) is 3. The van der Waals surface area contributed by atoms with E-state index in [2.05, 4.69) is 15.6 Å². The Kier molecular flexibility index (Phi) is 4.59. The molecule has 0 aliphatic heterocycles. The molecule has 3 aliphatic rings. The van der Waals surface area contributed by atoms with Crippen molar-refractivity contribution in [3.05, 3.63) is 47.2 Å². The molecule has 0 spiro atoms.